The van der Waals surface area contributed by atoms with E-state index < -0.39 is 17.8 Å². The SMILES string of the molecule is COc1cc(/C=C2\C(=O)NC(=O)N(c3cc(C)cc(C)c3)C2=O)c(Br)cc1OCc1ccccc1Cl. The van der Waals surface area contributed by atoms with Crippen molar-refractivity contribution < 1.29 is 23.9 Å². The Kier molecular flexibility index (Phi) is 7.47. The number of hydrogen-bond donors (Lipinski definition) is 1. The molecule has 4 amide bonds. The Morgan fingerprint density at radius 3 is 2.36 bits per heavy atom. The zero-order valence-corrected chi connectivity index (χ0v) is 22.1. The average Bonchev–Trinajstić information content (AvgIpc) is 2.81. The van der Waals surface area contributed by atoms with Gasteiger partial charge < -0.3 is 9.47 Å². The number of anilines is 1. The number of halogens is 2. The van der Waals surface area contributed by atoms with Crippen LogP contribution >= 0.6 is 27.5 Å². The van der Waals surface area contributed by atoms with Crippen LogP contribution in [0.1, 0.15) is 22.3 Å². The van der Waals surface area contributed by atoms with Crippen LogP contribution in [0, 0.1) is 13.8 Å². The summed E-state index contributed by atoms with van der Waals surface area (Å²) in [6, 6.07) is 15.2. The van der Waals surface area contributed by atoms with E-state index in [4.69, 9.17) is 21.1 Å². The van der Waals surface area contributed by atoms with Crippen molar-refractivity contribution in [3.8, 4) is 11.5 Å². The molecule has 1 aliphatic heterocycles. The molecule has 9 heteroatoms. The van der Waals surface area contributed by atoms with Crippen molar-refractivity contribution in [1.82, 2.24) is 5.32 Å². The fourth-order valence-corrected chi connectivity index (χ4v) is 4.46. The standard InChI is InChI=1S/C27H22BrClN2O5/c1-15-8-16(2)10-19(9-15)31-26(33)20(25(32)30-27(31)34)11-18-12-23(35-3)24(13-21(18)28)36-14-17-6-4-5-7-22(17)29/h4-13H,14H2,1-3H3,(H,30,32,34)/b20-11+. The number of nitrogens with zero attached hydrogens (tertiary/aromatic N) is 1. The van der Waals surface area contributed by atoms with Gasteiger partial charge in [-0.15, -0.1) is 0 Å². The Labute approximate surface area is 221 Å². The fraction of sp³-hybridized carbons (Fsp3) is 0.148. The van der Waals surface area contributed by atoms with Crippen molar-refractivity contribution in [1.29, 1.82) is 0 Å². The molecule has 1 N–H and O–H groups in total. The Bertz CT molecular complexity index is 1400. The van der Waals surface area contributed by atoms with Crippen LogP contribution in [0.2, 0.25) is 5.02 Å². The molecule has 1 fully saturated rings. The van der Waals surface area contributed by atoms with Gasteiger partial charge in [-0.3, -0.25) is 14.9 Å². The van der Waals surface area contributed by atoms with Gasteiger partial charge >= 0.3 is 6.03 Å². The number of benzene rings is 3. The predicted octanol–water partition coefficient (Wildman–Crippen LogP) is 5.97. The highest BCUT2D eigenvalue weighted by Crippen LogP contribution is 2.36. The van der Waals surface area contributed by atoms with Crippen molar-refractivity contribution in [2.45, 2.75) is 20.5 Å². The Morgan fingerprint density at radius 2 is 1.69 bits per heavy atom. The molecule has 1 heterocycles. The van der Waals surface area contributed by atoms with Crippen molar-refractivity contribution in [2.24, 2.45) is 0 Å². The minimum atomic E-state index is -0.799. The molecule has 1 aliphatic rings. The smallest absolute Gasteiger partial charge is 0.335 e. The maximum Gasteiger partial charge on any atom is 0.335 e. The summed E-state index contributed by atoms with van der Waals surface area (Å²) in [7, 11) is 1.49. The number of aryl methyl sites for hydroxylation is 2. The minimum Gasteiger partial charge on any atom is -0.493 e. The summed E-state index contributed by atoms with van der Waals surface area (Å²) in [5.41, 5.74) is 3.25. The first-order valence-corrected chi connectivity index (χ1v) is 12.1. The first-order valence-electron chi connectivity index (χ1n) is 10.9. The normalized spacial score (nSPS) is 14.8. The van der Waals surface area contributed by atoms with Crippen molar-refractivity contribution in [3.05, 3.63) is 91.9 Å². The molecule has 184 valence electrons. The molecular weight excluding hydrogens is 548 g/mol. The summed E-state index contributed by atoms with van der Waals surface area (Å²) in [4.78, 5) is 39.4. The third-order valence-corrected chi connectivity index (χ3v) is 6.55. The molecule has 0 spiro atoms. The Morgan fingerprint density at radius 1 is 1.00 bits per heavy atom. The number of urea groups is 1. The molecule has 3 aromatic carbocycles. The number of amides is 4. The second kappa shape index (κ2) is 10.6. The molecule has 36 heavy (non-hydrogen) atoms. The summed E-state index contributed by atoms with van der Waals surface area (Å²) in [5.74, 6) is -0.671. The number of barbiturate groups is 1. The van der Waals surface area contributed by atoms with Gasteiger partial charge in [-0.1, -0.05) is 51.8 Å². The van der Waals surface area contributed by atoms with E-state index in [0.717, 1.165) is 21.6 Å². The lowest BCUT2D eigenvalue weighted by atomic mass is 10.0. The van der Waals surface area contributed by atoms with Crippen LogP contribution in [-0.2, 0) is 16.2 Å². The second-order valence-corrected chi connectivity index (χ2v) is 9.47. The van der Waals surface area contributed by atoms with Gasteiger partial charge in [0.15, 0.2) is 11.5 Å². The summed E-state index contributed by atoms with van der Waals surface area (Å²) < 4.78 is 11.9. The van der Waals surface area contributed by atoms with E-state index in [1.165, 1.54) is 13.2 Å². The lowest BCUT2D eigenvalue weighted by Crippen LogP contribution is -2.54. The first kappa shape index (κ1) is 25.5. The molecular formula is C27H22BrClN2O5. The number of ether oxygens (including phenoxy) is 2. The minimum absolute atomic E-state index is 0.193. The van der Waals surface area contributed by atoms with E-state index in [-0.39, 0.29) is 12.2 Å². The van der Waals surface area contributed by atoms with Gasteiger partial charge in [0.1, 0.15) is 12.2 Å². The van der Waals surface area contributed by atoms with E-state index >= 15 is 0 Å². The summed E-state index contributed by atoms with van der Waals surface area (Å²) in [5, 5.41) is 2.83. The van der Waals surface area contributed by atoms with Crippen molar-refractivity contribution >= 4 is 57.1 Å². The molecule has 1 saturated heterocycles. The maximum atomic E-state index is 13.3. The van der Waals surface area contributed by atoms with Crippen LogP contribution < -0.4 is 19.7 Å². The number of rotatable bonds is 6. The molecule has 0 saturated carbocycles. The molecule has 0 aromatic heterocycles. The lowest BCUT2D eigenvalue weighted by molar-refractivity contribution is -0.122. The summed E-state index contributed by atoms with van der Waals surface area (Å²) in [6.45, 7) is 3.95. The number of methoxy groups -OCH3 is 1. The molecule has 0 aliphatic carbocycles. The first-order chi connectivity index (χ1) is 17.2. The number of carbonyl (C=O) groups excluding carboxylic acids is 3. The summed E-state index contributed by atoms with van der Waals surface area (Å²) in [6.07, 6.45) is 1.41. The van der Waals surface area contributed by atoms with Gasteiger partial charge in [0, 0.05) is 15.1 Å². The van der Waals surface area contributed by atoms with Crippen LogP contribution in [0.5, 0.6) is 11.5 Å². The molecule has 3 aromatic rings. The maximum absolute atomic E-state index is 13.3. The number of imide groups is 2. The predicted molar refractivity (Wildman–Crippen MR) is 141 cm³/mol. The van der Waals surface area contributed by atoms with Crippen LogP contribution in [0.25, 0.3) is 6.08 Å². The Hall–Kier alpha value is -3.62. The van der Waals surface area contributed by atoms with Gasteiger partial charge in [-0.05, 0) is 66.9 Å². The molecule has 0 radical (unpaired) electrons. The largest absolute Gasteiger partial charge is 0.493 e. The number of hydrogen-bond acceptors (Lipinski definition) is 5. The quantitative estimate of drug-likeness (QED) is 0.292. The van der Waals surface area contributed by atoms with Gasteiger partial charge in [-0.2, -0.15) is 0 Å². The van der Waals surface area contributed by atoms with E-state index in [9.17, 15) is 14.4 Å². The average molecular weight is 570 g/mol. The van der Waals surface area contributed by atoms with Crippen LogP contribution in [-0.4, -0.2) is 25.0 Å². The topological polar surface area (TPSA) is 84.9 Å². The number of carbonyl (C=O) groups is 3. The summed E-state index contributed by atoms with van der Waals surface area (Å²) >= 11 is 9.69. The molecule has 0 bridgehead atoms. The fourth-order valence-electron chi connectivity index (χ4n) is 3.83. The van der Waals surface area contributed by atoms with Crippen LogP contribution in [0.4, 0.5) is 10.5 Å². The lowest BCUT2D eigenvalue weighted by Gasteiger charge is -2.27. The number of nitrogens with one attached hydrogen (secondary N) is 1. The Balaban J connectivity index is 1.67. The van der Waals surface area contributed by atoms with Gasteiger partial charge in [0.05, 0.1) is 12.8 Å². The van der Waals surface area contributed by atoms with E-state index in [1.54, 1.807) is 30.3 Å². The second-order valence-electron chi connectivity index (χ2n) is 8.21. The highest BCUT2D eigenvalue weighted by atomic mass is 79.9. The van der Waals surface area contributed by atoms with Gasteiger partial charge in [0.25, 0.3) is 11.8 Å². The van der Waals surface area contributed by atoms with Crippen molar-refractivity contribution in [2.75, 3.05) is 12.0 Å². The monoisotopic (exact) mass is 568 g/mol. The van der Waals surface area contributed by atoms with Gasteiger partial charge in [-0.25, -0.2) is 9.69 Å². The molecule has 7 nitrogen and oxygen atoms in total. The van der Waals surface area contributed by atoms with E-state index in [1.807, 2.05) is 38.1 Å². The van der Waals surface area contributed by atoms with E-state index in [0.29, 0.717) is 32.2 Å². The third-order valence-electron chi connectivity index (χ3n) is 5.49. The third kappa shape index (κ3) is 5.29. The zero-order chi connectivity index (χ0) is 26.0. The van der Waals surface area contributed by atoms with E-state index in [2.05, 4.69) is 21.2 Å². The van der Waals surface area contributed by atoms with Crippen LogP contribution in [0.3, 0.4) is 0 Å². The molecule has 0 unspecified atom stereocenters. The molecule has 0 atom stereocenters. The van der Waals surface area contributed by atoms with Gasteiger partial charge in [0.2, 0.25) is 0 Å². The van der Waals surface area contributed by atoms with Crippen molar-refractivity contribution in [3.63, 3.8) is 0 Å². The highest BCUT2D eigenvalue weighted by molar-refractivity contribution is 9.10. The molecule has 4 rings (SSSR count). The van der Waals surface area contributed by atoms with Crippen LogP contribution in [0.15, 0.2) is 64.6 Å². The highest BCUT2D eigenvalue weighted by Gasteiger charge is 2.37. The zero-order valence-electron chi connectivity index (χ0n) is 19.7.